The van der Waals surface area contributed by atoms with Crippen LogP contribution in [0.25, 0.3) is 0 Å². The Labute approximate surface area is 154 Å². The van der Waals surface area contributed by atoms with Gasteiger partial charge in [0.1, 0.15) is 11.3 Å². The average molecular weight is 370 g/mol. The third kappa shape index (κ3) is 2.52. The molecule has 1 atom stereocenters. The number of fused-ring (bicyclic) bond motifs is 2. The summed E-state index contributed by atoms with van der Waals surface area (Å²) >= 11 is 0. The number of methoxy groups -OCH3 is 1. The number of aromatic nitrogens is 1. The van der Waals surface area contributed by atoms with Crippen molar-refractivity contribution in [1.82, 2.24) is 4.57 Å². The Morgan fingerprint density at radius 2 is 1.96 bits per heavy atom. The number of pyridine rings is 1. The zero-order valence-corrected chi connectivity index (χ0v) is 15.1. The molecule has 0 amide bonds. The third-order valence-electron chi connectivity index (χ3n) is 4.87. The number of carbonyl (C=O) groups excluding carboxylic acids is 1. The Kier molecular flexibility index (Phi) is 3.83. The highest BCUT2D eigenvalue weighted by Gasteiger charge is 2.38. The molecular weight excluding hydrogens is 352 g/mol. The molecule has 1 unspecified atom stereocenters. The average Bonchev–Trinajstić information content (AvgIpc) is 3.12. The first kappa shape index (κ1) is 17.0. The molecule has 1 aromatic heterocycles. The molecule has 0 saturated carbocycles. The Morgan fingerprint density at radius 1 is 1.22 bits per heavy atom. The van der Waals surface area contributed by atoms with E-state index in [0.717, 1.165) is 0 Å². The standard InChI is InChI=1S/C19H18N2O6/c1-9-6-13-15(18(22)21(9)2)14(16(17(20)27-13)19(23)24-3)10-4-5-11-12(7-10)26-8-25-11/h4-7,14H,8,20H2,1-3H3. The van der Waals surface area contributed by atoms with Crippen LogP contribution in [0.15, 0.2) is 40.5 Å². The highest BCUT2D eigenvalue weighted by molar-refractivity contribution is 5.92. The van der Waals surface area contributed by atoms with Gasteiger partial charge in [-0.05, 0) is 24.6 Å². The van der Waals surface area contributed by atoms with Crippen LogP contribution in [0.1, 0.15) is 22.7 Å². The molecule has 0 spiro atoms. The number of nitrogens with zero attached hydrogens (tertiary/aromatic N) is 1. The predicted octanol–water partition coefficient (Wildman–Crippen LogP) is 1.29. The molecule has 2 aliphatic heterocycles. The zero-order valence-electron chi connectivity index (χ0n) is 15.1. The monoisotopic (exact) mass is 370 g/mol. The second-order valence-corrected chi connectivity index (χ2v) is 6.35. The van der Waals surface area contributed by atoms with Gasteiger partial charge in [-0.25, -0.2) is 4.79 Å². The van der Waals surface area contributed by atoms with Crippen molar-refractivity contribution in [1.29, 1.82) is 0 Å². The van der Waals surface area contributed by atoms with Gasteiger partial charge in [0.05, 0.1) is 18.6 Å². The van der Waals surface area contributed by atoms with Gasteiger partial charge in [-0.2, -0.15) is 0 Å². The van der Waals surface area contributed by atoms with Crippen LogP contribution >= 0.6 is 0 Å². The summed E-state index contributed by atoms with van der Waals surface area (Å²) in [7, 11) is 2.91. The third-order valence-corrected chi connectivity index (χ3v) is 4.87. The van der Waals surface area contributed by atoms with Gasteiger partial charge in [0.15, 0.2) is 11.5 Å². The second kappa shape index (κ2) is 6.08. The maximum Gasteiger partial charge on any atom is 0.340 e. The molecule has 2 aliphatic rings. The first-order valence-corrected chi connectivity index (χ1v) is 8.28. The molecule has 0 aliphatic carbocycles. The highest BCUT2D eigenvalue weighted by Crippen LogP contribution is 2.44. The number of ether oxygens (including phenoxy) is 4. The highest BCUT2D eigenvalue weighted by atomic mass is 16.7. The van der Waals surface area contributed by atoms with Crippen molar-refractivity contribution in [2.75, 3.05) is 13.9 Å². The quantitative estimate of drug-likeness (QED) is 0.795. The summed E-state index contributed by atoms with van der Waals surface area (Å²) in [6.45, 7) is 1.91. The molecule has 8 heteroatoms. The van der Waals surface area contributed by atoms with Crippen LogP contribution in [0, 0.1) is 6.92 Å². The largest absolute Gasteiger partial charge is 0.465 e. The number of hydrogen-bond acceptors (Lipinski definition) is 7. The molecule has 2 aromatic rings. The van der Waals surface area contributed by atoms with Gasteiger partial charge in [0, 0.05) is 18.8 Å². The predicted molar refractivity (Wildman–Crippen MR) is 94.7 cm³/mol. The van der Waals surface area contributed by atoms with E-state index in [1.165, 1.54) is 11.7 Å². The molecule has 27 heavy (non-hydrogen) atoms. The number of carbonyl (C=O) groups is 1. The van der Waals surface area contributed by atoms with Gasteiger partial charge in [-0.3, -0.25) is 4.79 Å². The first-order valence-electron chi connectivity index (χ1n) is 8.28. The number of aryl methyl sites for hydroxylation is 1. The molecule has 0 bridgehead atoms. The second-order valence-electron chi connectivity index (χ2n) is 6.35. The van der Waals surface area contributed by atoms with E-state index in [-0.39, 0.29) is 23.8 Å². The van der Waals surface area contributed by atoms with Crippen molar-refractivity contribution in [2.24, 2.45) is 12.8 Å². The Balaban J connectivity index is 2.00. The molecule has 1 aromatic carbocycles. The fourth-order valence-electron chi connectivity index (χ4n) is 3.38. The van der Waals surface area contributed by atoms with Gasteiger partial charge in [0.25, 0.3) is 5.56 Å². The summed E-state index contributed by atoms with van der Waals surface area (Å²) < 4.78 is 22.8. The molecule has 0 fully saturated rings. The fraction of sp³-hybridized carbons (Fsp3) is 0.263. The maximum absolute atomic E-state index is 13.0. The first-order chi connectivity index (χ1) is 12.9. The van der Waals surface area contributed by atoms with Crippen molar-refractivity contribution < 1.29 is 23.7 Å². The van der Waals surface area contributed by atoms with Gasteiger partial charge in [-0.15, -0.1) is 0 Å². The smallest absolute Gasteiger partial charge is 0.340 e. The summed E-state index contributed by atoms with van der Waals surface area (Å²) in [6, 6.07) is 6.95. The van der Waals surface area contributed by atoms with Crippen LogP contribution < -0.4 is 25.5 Å². The van der Waals surface area contributed by atoms with E-state index in [4.69, 9.17) is 24.7 Å². The van der Waals surface area contributed by atoms with E-state index in [9.17, 15) is 9.59 Å². The Bertz CT molecular complexity index is 1050. The number of nitrogens with two attached hydrogens (primary N) is 1. The van der Waals surface area contributed by atoms with Crippen molar-refractivity contribution in [2.45, 2.75) is 12.8 Å². The summed E-state index contributed by atoms with van der Waals surface area (Å²) in [6.07, 6.45) is 0. The normalized spacial score (nSPS) is 17.4. The van der Waals surface area contributed by atoms with Crippen molar-refractivity contribution in [3.8, 4) is 17.2 Å². The number of rotatable bonds is 2. The Morgan fingerprint density at radius 3 is 2.70 bits per heavy atom. The topological polar surface area (TPSA) is 102 Å². The summed E-state index contributed by atoms with van der Waals surface area (Å²) in [5.74, 6) is -0.0572. The van der Waals surface area contributed by atoms with Crippen LogP contribution in [0.5, 0.6) is 17.2 Å². The van der Waals surface area contributed by atoms with Crippen molar-refractivity contribution >= 4 is 5.97 Å². The number of benzene rings is 1. The molecule has 0 saturated heterocycles. The van der Waals surface area contributed by atoms with Crippen LogP contribution in [-0.2, 0) is 16.6 Å². The van der Waals surface area contributed by atoms with Gasteiger partial charge >= 0.3 is 5.97 Å². The van der Waals surface area contributed by atoms with E-state index in [2.05, 4.69) is 0 Å². The van der Waals surface area contributed by atoms with E-state index in [1.807, 2.05) is 0 Å². The van der Waals surface area contributed by atoms with Crippen LogP contribution in [0.3, 0.4) is 0 Å². The van der Waals surface area contributed by atoms with Crippen molar-refractivity contribution in [3.05, 3.63) is 62.9 Å². The molecule has 0 radical (unpaired) electrons. The number of hydrogen-bond donors (Lipinski definition) is 1. The Hall–Kier alpha value is -3.42. The minimum Gasteiger partial charge on any atom is -0.465 e. The number of esters is 1. The van der Waals surface area contributed by atoms with Gasteiger partial charge in [0.2, 0.25) is 12.7 Å². The zero-order chi connectivity index (χ0) is 19.3. The maximum atomic E-state index is 13.0. The van der Waals surface area contributed by atoms with Crippen LogP contribution in [-0.4, -0.2) is 24.4 Å². The lowest BCUT2D eigenvalue weighted by Gasteiger charge is -2.28. The van der Waals surface area contributed by atoms with E-state index >= 15 is 0 Å². The van der Waals surface area contributed by atoms with E-state index in [0.29, 0.717) is 34.1 Å². The van der Waals surface area contributed by atoms with E-state index < -0.39 is 11.9 Å². The van der Waals surface area contributed by atoms with Crippen molar-refractivity contribution in [3.63, 3.8) is 0 Å². The fourth-order valence-corrected chi connectivity index (χ4v) is 3.38. The lowest BCUT2D eigenvalue weighted by atomic mass is 9.83. The SMILES string of the molecule is COC(=O)C1=C(N)Oc2cc(C)n(C)c(=O)c2C1c1ccc2c(c1)OCO2. The summed E-state index contributed by atoms with van der Waals surface area (Å²) in [5.41, 5.74) is 7.51. The molecule has 2 N–H and O–H groups in total. The van der Waals surface area contributed by atoms with Crippen LogP contribution in [0.2, 0.25) is 0 Å². The molecule has 140 valence electrons. The van der Waals surface area contributed by atoms with Gasteiger partial charge < -0.3 is 29.2 Å². The summed E-state index contributed by atoms with van der Waals surface area (Å²) in [4.78, 5) is 25.5. The van der Waals surface area contributed by atoms with Crippen LogP contribution in [0.4, 0.5) is 0 Å². The van der Waals surface area contributed by atoms with E-state index in [1.54, 1.807) is 38.2 Å². The molecule has 3 heterocycles. The lowest BCUT2D eigenvalue weighted by molar-refractivity contribution is -0.136. The molecule has 8 nitrogen and oxygen atoms in total. The minimum atomic E-state index is -0.755. The van der Waals surface area contributed by atoms with Gasteiger partial charge in [-0.1, -0.05) is 6.07 Å². The molecular formula is C19H18N2O6. The minimum absolute atomic E-state index is 0.0739. The summed E-state index contributed by atoms with van der Waals surface area (Å²) in [5, 5.41) is 0. The lowest BCUT2D eigenvalue weighted by Crippen LogP contribution is -2.34. The molecule has 4 rings (SSSR count).